The van der Waals surface area contributed by atoms with E-state index < -0.39 is 16.8 Å². The van der Waals surface area contributed by atoms with Crippen molar-refractivity contribution in [2.75, 3.05) is 12.4 Å². The van der Waals surface area contributed by atoms with Crippen LogP contribution >= 0.6 is 11.6 Å². The second kappa shape index (κ2) is 6.77. The number of benzene rings is 1. The van der Waals surface area contributed by atoms with E-state index in [4.69, 9.17) is 17.3 Å². The Morgan fingerprint density at radius 1 is 1.36 bits per heavy atom. The standard InChI is InChI=1S/C19H24ClFN6O/c1-10(15-13(20)9-23-26-15)24-11-6-7-14(21)12(8-11)19(4)18(2,3)16(28)27(5)17(22)25-19/h6-10,24H,1-5H3,(H2,22,25)(H,23,26)/t10?,19-/m1/s1. The minimum atomic E-state index is -1.17. The number of nitrogens with two attached hydrogens (primary N) is 1. The molecular formula is C19H24ClFN6O. The van der Waals surface area contributed by atoms with Crippen molar-refractivity contribution in [2.24, 2.45) is 16.1 Å². The van der Waals surface area contributed by atoms with Crippen molar-refractivity contribution in [1.29, 1.82) is 0 Å². The van der Waals surface area contributed by atoms with Gasteiger partial charge < -0.3 is 11.1 Å². The third-order valence-electron chi connectivity index (χ3n) is 5.67. The number of aromatic nitrogens is 2. The molecule has 1 aliphatic rings. The fraction of sp³-hybridized carbons (Fsp3) is 0.421. The molecule has 1 aliphatic heterocycles. The molecule has 0 saturated heterocycles. The van der Waals surface area contributed by atoms with Gasteiger partial charge in [-0.15, -0.1) is 0 Å². The zero-order valence-electron chi connectivity index (χ0n) is 16.5. The Morgan fingerprint density at radius 2 is 2.04 bits per heavy atom. The van der Waals surface area contributed by atoms with Gasteiger partial charge in [0, 0.05) is 18.3 Å². The molecule has 4 N–H and O–H groups in total. The van der Waals surface area contributed by atoms with E-state index in [0.29, 0.717) is 10.7 Å². The number of guanidine groups is 1. The van der Waals surface area contributed by atoms with Gasteiger partial charge in [-0.1, -0.05) is 11.6 Å². The Kier molecular flexibility index (Phi) is 4.87. The van der Waals surface area contributed by atoms with Crippen LogP contribution < -0.4 is 11.1 Å². The van der Waals surface area contributed by atoms with E-state index in [1.165, 1.54) is 17.2 Å². The van der Waals surface area contributed by atoms with Crippen LogP contribution in [0.25, 0.3) is 0 Å². The van der Waals surface area contributed by atoms with Crippen molar-refractivity contribution in [3.63, 3.8) is 0 Å². The Morgan fingerprint density at radius 3 is 2.64 bits per heavy atom. The van der Waals surface area contributed by atoms with Gasteiger partial charge in [0.25, 0.3) is 0 Å². The maximum Gasteiger partial charge on any atom is 0.237 e. The number of carbonyl (C=O) groups excluding carboxylic acids is 1. The molecule has 3 rings (SSSR count). The number of aliphatic imine (C=N–C) groups is 1. The lowest BCUT2D eigenvalue weighted by atomic mass is 9.67. The number of H-pyrrole nitrogens is 1. The first-order valence-electron chi connectivity index (χ1n) is 8.88. The number of nitrogens with zero attached hydrogens (tertiary/aromatic N) is 3. The molecule has 1 unspecified atom stereocenters. The number of hydrogen-bond donors (Lipinski definition) is 3. The Hall–Kier alpha value is -2.61. The molecule has 0 aliphatic carbocycles. The molecule has 2 heterocycles. The third-order valence-corrected chi connectivity index (χ3v) is 5.97. The number of anilines is 1. The van der Waals surface area contributed by atoms with E-state index in [1.807, 2.05) is 6.92 Å². The molecule has 2 atom stereocenters. The lowest BCUT2D eigenvalue weighted by Crippen LogP contribution is -2.58. The summed E-state index contributed by atoms with van der Waals surface area (Å²) in [5, 5.41) is 10.5. The summed E-state index contributed by atoms with van der Waals surface area (Å²) < 4.78 is 14.9. The molecular weight excluding hydrogens is 383 g/mol. The van der Waals surface area contributed by atoms with Crippen LogP contribution in [0.2, 0.25) is 5.02 Å². The predicted molar refractivity (Wildman–Crippen MR) is 108 cm³/mol. The lowest BCUT2D eigenvalue weighted by molar-refractivity contribution is -0.140. The first-order valence-corrected chi connectivity index (χ1v) is 9.25. The molecule has 9 heteroatoms. The number of amides is 1. The van der Waals surface area contributed by atoms with Gasteiger partial charge in [-0.05, 0) is 45.9 Å². The average molecular weight is 407 g/mol. The van der Waals surface area contributed by atoms with Gasteiger partial charge in [0.2, 0.25) is 5.91 Å². The van der Waals surface area contributed by atoms with Crippen LogP contribution in [0.1, 0.15) is 45.0 Å². The molecule has 1 aromatic heterocycles. The molecule has 0 bridgehead atoms. The van der Waals surface area contributed by atoms with E-state index >= 15 is 0 Å². The molecule has 1 amide bonds. The molecule has 0 saturated carbocycles. The highest BCUT2D eigenvalue weighted by molar-refractivity contribution is 6.31. The minimum absolute atomic E-state index is 0.0576. The van der Waals surface area contributed by atoms with E-state index in [0.717, 1.165) is 5.69 Å². The number of carbonyl (C=O) groups is 1. The fourth-order valence-corrected chi connectivity index (χ4v) is 3.72. The molecule has 1 aromatic carbocycles. The zero-order chi connectivity index (χ0) is 20.9. The minimum Gasteiger partial charge on any atom is -0.377 e. The quantitative estimate of drug-likeness (QED) is 0.724. The van der Waals surface area contributed by atoms with Gasteiger partial charge in [-0.25, -0.2) is 9.38 Å². The molecule has 0 spiro atoms. The summed E-state index contributed by atoms with van der Waals surface area (Å²) in [7, 11) is 1.56. The number of halogens is 2. The second-order valence-corrected chi connectivity index (χ2v) is 8.13. The SMILES string of the molecule is CC(Nc1ccc(F)c([C@@]2(C)N=C(N)N(C)C(=O)C2(C)C)c1)c1[nH]ncc1Cl. The van der Waals surface area contributed by atoms with Crippen molar-refractivity contribution in [3.05, 3.63) is 46.5 Å². The van der Waals surface area contributed by atoms with Gasteiger partial charge in [0.05, 0.1) is 28.4 Å². The van der Waals surface area contributed by atoms with Crippen LogP contribution in [-0.4, -0.2) is 34.0 Å². The van der Waals surface area contributed by atoms with E-state index in [2.05, 4.69) is 20.5 Å². The van der Waals surface area contributed by atoms with Crippen molar-refractivity contribution >= 4 is 29.2 Å². The van der Waals surface area contributed by atoms with Gasteiger partial charge in [-0.3, -0.25) is 14.8 Å². The molecule has 28 heavy (non-hydrogen) atoms. The summed E-state index contributed by atoms with van der Waals surface area (Å²) in [5.41, 5.74) is 5.44. The molecule has 2 aromatic rings. The highest BCUT2D eigenvalue weighted by Crippen LogP contribution is 2.47. The zero-order valence-corrected chi connectivity index (χ0v) is 17.2. The highest BCUT2D eigenvalue weighted by Gasteiger charge is 2.53. The summed E-state index contributed by atoms with van der Waals surface area (Å²) in [6, 6.07) is 4.45. The monoisotopic (exact) mass is 406 g/mol. The first-order chi connectivity index (χ1) is 13.0. The Labute approximate surface area is 168 Å². The molecule has 0 fully saturated rings. The Bertz CT molecular complexity index is 956. The summed E-state index contributed by atoms with van der Waals surface area (Å²) in [6.45, 7) is 7.12. The number of nitrogens with one attached hydrogen (secondary N) is 2. The largest absolute Gasteiger partial charge is 0.377 e. The summed E-state index contributed by atoms with van der Waals surface area (Å²) >= 11 is 6.12. The lowest BCUT2D eigenvalue weighted by Gasteiger charge is -2.46. The van der Waals surface area contributed by atoms with Gasteiger partial charge in [0.1, 0.15) is 11.4 Å². The van der Waals surface area contributed by atoms with E-state index in [1.54, 1.807) is 40.0 Å². The smallest absolute Gasteiger partial charge is 0.237 e. The van der Waals surface area contributed by atoms with E-state index in [9.17, 15) is 9.18 Å². The number of aromatic amines is 1. The summed E-state index contributed by atoms with van der Waals surface area (Å²) in [6.07, 6.45) is 1.52. The topological polar surface area (TPSA) is 99.4 Å². The Balaban J connectivity index is 2.04. The van der Waals surface area contributed by atoms with Crippen molar-refractivity contribution in [3.8, 4) is 0 Å². The molecule has 0 radical (unpaired) electrons. The van der Waals surface area contributed by atoms with Crippen molar-refractivity contribution < 1.29 is 9.18 Å². The van der Waals surface area contributed by atoms with E-state index in [-0.39, 0.29) is 23.5 Å². The van der Waals surface area contributed by atoms with Crippen LogP contribution in [0.3, 0.4) is 0 Å². The van der Waals surface area contributed by atoms with Crippen LogP contribution in [0.15, 0.2) is 29.4 Å². The fourth-order valence-electron chi connectivity index (χ4n) is 3.47. The first kappa shape index (κ1) is 20.1. The summed E-state index contributed by atoms with van der Waals surface area (Å²) in [5.74, 6) is -0.623. The van der Waals surface area contributed by atoms with Crippen LogP contribution in [-0.2, 0) is 10.3 Å². The predicted octanol–water partition coefficient (Wildman–Crippen LogP) is 3.40. The van der Waals surface area contributed by atoms with Gasteiger partial charge in [0.15, 0.2) is 5.96 Å². The highest BCUT2D eigenvalue weighted by atomic mass is 35.5. The third kappa shape index (κ3) is 3.01. The second-order valence-electron chi connectivity index (χ2n) is 7.72. The molecule has 7 nitrogen and oxygen atoms in total. The van der Waals surface area contributed by atoms with Crippen LogP contribution in [0.4, 0.5) is 10.1 Å². The van der Waals surface area contributed by atoms with Gasteiger partial charge >= 0.3 is 0 Å². The van der Waals surface area contributed by atoms with Gasteiger partial charge in [-0.2, -0.15) is 5.10 Å². The van der Waals surface area contributed by atoms with Crippen LogP contribution in [0, 0.1) is 11.2 Å². The van der Waals surface area contributed by atoms with Crippen LogP contribution in [0.5, 0.6) is 0 Å². The number of hydrogen-bond acceptors (Lipinski definition) is 5. The van der Waals surface area contributed by atoms with Crippen molar-refractivity contribution in [2.45, 2.75) is 39.3 Å². The molecule has 150 valence electrons. The normalized spacial score (nSPS) is 22.8. The summed E-state index contributed by atoms with van der Waals surface area (Å²) in [4.78, 5) is 18.6. The maximum atomic E-state index is 14.9. The average Bonchev–Trinajstić information content (AvgIpc) is 3.06. The van der Waals surface area contributed by atoms with Crippen molar-refractivity contribution in [1.82, 2.24) is 15.1 Å². The maximum absolute atomic E-state index is 14.9. The number of rotatable bonds is 4.